The molecule has 0 saturated carbocycles. The molecule has 0 bridgehead atoms. The van der Waals surface area contributed by atoms with Crippen LogP contribution in [0.5, 0.6) is 0 Å². The van der Waals surface area contributed by atoms with E-state index < -0.39 is 5.97 Å². The Morgan fingerprint density at radius 1 is 1.33 bits per heavy atom. The molecule has 0 atom stereocenters. The lowest BCUT2D eigenvalue weighted by Crippen LogP contribution is -2.03. The van der Waals surface area contributed by atoms with E-state index in [0.717, 1.165) is 10.8 Å². The Morgan fingerprint density at radius 3 is 2.80 bits per heavy atom. The smallest absolute Gasteiger partial charge is 0.338 e. The predicted molar refractivity (Wildman–Crippen MR) is 59.9 cm³/mol. The summed E-state index contributed by atoms with van der Waals surface area (Å²) in [6.07, 6.45) is 0. The van der Waals surface area contributed by atoms with Gasteiger partial charge in [-0.2, -0.15) is 0 Å². The molecule has 2 aromatic carbocycles. The van der Waals surface area contributed by atoms with Gasteiger partial charge in [-0.15, -0.1) is 0 Å². The minimum Gasteiger partial charge on any atom is -0.462 e. The van der Waals surface area contributed by atoms with Gasteiger partial charge < -0.3 is 4.74 Å². The lowest BCUT2D eigenvalue weighted by atomic mass is 10.1. The van der Waals surface area contributed by atoms with Crippen molar-refractivity contribution in [1.29, 1.82) is 0 Å². The molecule has 0 unspecified atom stereocenters. The number of hydrogen-bond acceptors (Lipinski definition) is 2. The zero-order valence-electron chi connectivity index (χ0n) is 9.49. The Bertz CT molecular complexity index is 534. The quantitative estimate of drug-likeness (QED) is 0.698. The molecular weight excluding hydrogens is 188 g/mol. The topological polar surface area (TPSA) is 26.3 Å². The number of benzene rings is 2. The molecule has 2 aromatic rings. The fraction of sp³-hybridized carbons (Fsp3) is 0.154. The normalized spacial score (nSPS) is 11.1. The second-order valence-corrected chi connectivity index (χ2v) is 3.20. The second-order valence-electron chi connectivity index (χ2n) is 3.20. The van der Waals surface area contributed by atoms with E-state index in [2.05, 4.69) is 0 Å². The summed E-state index contributed by atoms with van der Waals surface area (Å²) >= 11 is 0. The van der Waals surface area contributed by atoms with E-state index in [-0.39, 0.29) is 6.04 Å². The molecule has 0 aliphatic rings. The lowest BCUT2D eigenvalue weighted by Gasteiger charge is -2.03. The fourth-order valence-corrected chi connectivity index (χ4v) is 1.45. The Morgan fingerprint density at radius 2 is 2.07 bits per heavy atom. The second kappa shape index (κ2) is 4.13. The highest BCUT2D eigenvalue weighted by Gasteiger charge is 2.05. The van der Waals surface area contributed by atoms with Gasteiger partial charge in [-0.05, 0) is 29.8 Å². The van der Waals surface area contributed by atoms with Crippen LogP contribution in [0.4, 0.5) is 0 Å². The molecule has 0 heterocycles. The molecule has 2 rings (SSSR count). The van der Waals surface area contributed by atoms with Gasteiger partial charge in [0.15, 0.2) is 0 Å². The van der Waals surface area contributed by atoms with Crippen LogP contribution in [0.25, 0.3) is 10.8 Å². The summed E-state index contributed by atoms with van der Waals surface area (Å²) in [5.41, 5.74) is 0.320. The number of carbonyl (C=O) groups excluding carboxylic acids is 1. The van der Waals surface area contributed by atoms with Crippen molar-refractivity contribution >= 4 is 16.7 Å². The lowest BCUT2D eigenvalue weighted by molar-refractivity contribution is 0.0526. The minimum atomic E-state index is -0.432. The van der Waals surface area contributed by atoms with Crippen LogP contribution in [0.15, 0.2) is 42.4 Å². The Hall–Kier alpha value is -1.83. The molecule has 0 amide bonds. The number of fused-ring (bicyclic) bond motifs is 1. The highest BCUT2D eigenvalue weighted by Crippen LogP contribution is 2.16. The van der Waals surface area contributed by atoms with Crippen LogP contribution in [0, 0.1) is 0 Å². The SMILES string of the molecule is [2H]c1cc2ccccc2cc1C(=O)OCC. The maximum Gasteiger partial charge on any atom is 0.338 e. The van der Waals surface area contributed by atoms with Crippen molar-refractivity contribution in [3.8, 4) is 0 Å². The first-order valence-corrected chi connectivity index (χ1v) is 4.89. The Kier molecular flexibility index (Phi) is 2.33. The van der Waals surface area contributed by atoms with Crippen LogP contribution in [0.1, 0.15) is 18.7 Å². The van der Waals surface area contributed by atoms with Gasteiger partial charge >= 0.3 is 5.97 Å². The molecule has 15 heavy (non-hydrogen) atoms. The molecule has 0 radical (unpaired) electrons. The summed E-state index contributed by atoms with van der Waals surface area (Å²) in [6, 6.07) is 11.2. The first kappa shape index (κ1) is 8.48. The van der Waals surface area contributed by atoms with Crippen molar-refractivity contribution in [2.24, 2.45) is 0 Å². The molecule has 2 nitrogen and oxygen atoms in total. The third-order valence-corrected chi connectivity index (χ3v) is 2.17. The largest absolute Gasteiger partial charge is 0.462 e. The average molecular weight is 201 g/mol. The third-order valence-electron chi connectivity index (χ3n) is 2.17. The van der Waals surface area contributed by atoms with Crippen LogP contribution in [-0.4, -0.2) is 12.6 Å². The van der Waals surface area contributed by atoms with E-state index >= 15 is 0 Å². The average Bonchev–Trinajstić information content (AvgIpc) is 2.28. The number of hydrogen-bond donors (Lipinski definition) is 0. The van der Waals surface area contributed by atoms with E-state index in [1.165, 1.54) is 0 Å². The maximum atomic E-state index is 11.6. The maximum absolute atomic E-state index is 11.6. The Labute approximate surface area is 89.9 Å². The molecule has 0 aliphatic carbocycles. The molecular formula is C13H12O2. The summed E-state index contributed by atoms with van der Waals surface area (Å²) in [5, 5.41) is 1.90. The number of ether oxygens (including phenoxy) is 1. The number of esters is 1. The van der Waals surface area contributed by atoms with Crippen molar-refractivity contribution in [1.82, 2.24) is 0 Å². The molecule has 2 heteroatoms. The zero-order chi connectivity index (χ0) is 11.5. The van der Waals surface area contributed by atoms with Crippen molar-refractivity contribution in [3.05, 3.63) is 48.0 Å². The van der Waals surface area contributed by atoms with Crippen LogP contribution in [0.3, 0.4) is 0 Å². The van der Waals surface area contributed by atoms with Crippen LogP contribution < -0.4 is 0 Å². The van der Waals surface area contributed by atoms with Gasteiger partial charge in [-0.3, -0.25) is 0 Å². The molecule has 0 saturated heterocycles. The molecule has 0 spiro atoms. The van der Waals surface area contributed by atoms with Gasteiger partial charge in [0.05, 0.1) is 13.5 Å². The highest BCUT2D eigenvalue weighted by molar-refractivity contribution is 5.95. The first-order valence-electron chi connectivity index (χ1n) is 5.39. The summed E-state index contributed by atoms with van der Waals surface area (Å²) in [6.45, 7) is 2.08. The summed E-state index contributed by atoms with van der Waals surface area (Å²) in [5.74, 6) is -0.432. The Balaban J connectivity index is 2.54. The summed E-state index contributed by atoms with van der Waals surface area (Å²) < 4.78 is 12.7. The van der Waals surface area contributed by atoms with Gasteiger partial charge in [-0.1, -0.05) is 30.3 Å². The molecule has 0 aromatic heterocycles. The zero-order valence-corrected chi connectivity index (χ0v) is 8.49. The van der Waals surface area contributed by atoms with Crippen molar-refractivity contribution < 1.29 is 10.9 Å². The van der Waals surface area contributed by atoms with E-state index in [1.54, 1.807) is 19.1 Å². The summed E-state index contributed by atoms with van der Waals surface area (Å²) in [7, 11) is 0. The monoisotopic (exact) mass is 201 g/mol. The number of carbonyl (C=O) groups is 1. The van der Waals surface area contributed by atoms with Crippen molar-refractivity contribution in [3.63, 3.8) is 0 Å². The fourth-order valence-electron chi connectivity index (χ4n) is 1.45. The van der Waals surface area contributed by atoms with Crippen LogP contribution in [0.2, 0.25) is 0 Å². The van der Waals surface area contributed by atoms with E-state index in [9.17, 15) is 4.79 Å². The molecule has 76 valence electrons. The standard InChI is InChI=1S/C13H12O2/c1-2-15-13(14)12-8-7-10-5-3-4-6-11(10)9-12/h3-9H,2H2,1H3/i8D. The van der Waals surface area contributed by atoms with Gasteiger partial charge in [-0.25, -0.2) is 4.79 Å². The third kappa shape index (κ3) is 1.99. The summed E-state index contributed by atoms with van der Waals surface area (Å²) in [4.78, 5) is 11.6. The minimum absolute atomic E-state index is 0.206. The van der Waals surface area contributed by atoms with E-state index in [4.69, 9.17) is 6.11 Å². The van der Waals surface area contributed by atoms with Crippen LogP contribution >= 0.6 is 0 Å². The molecule has 0 fully saturated rings. The van der Waals surface area contributed by atoms with Gasteiger partial charge in [0.1, 0.15) is 0 Å². The first-order chi connectivity index (χ1) is 7.72. The van der Waals surface area contributed by atoms with E-state index in [1.807, 2.05) is 24.3 Å². The molecule has 0 aliphatic heterocycles. The molecule has 0 N–H and O–H groups in total. The van der Waals surface area contributed by atoms with Crippen LogP contribution in [-0.2, 0) is 4.74 Å². The van der Waals surface area contributed by atoms with Crippen molar-refractivity contribution in [2.45, 2.75) is 6.92 Å². The van der Waals surface area contributed by atoms with Gasteiger partial charge in [0, 0.05) is 0 Å². The van der Waals surface area contributed by atoms with E-state index in [0.29, 0.717) is 12.2 Å². The highest BCUT2D eigenvalue weighted by atomic mass is 16.5. The van der Waals surface area contributed by atoms with Gasteiger partial charge in [0.25, 0.3) is 0 Å². The van der Waals surface area contributed by atoms with Crippen molar-refractivity contribution in [2.75, 3.05) is 6.61 Å². The van der Waals surface area contributed by atoms with Gasteiger partial charge in [0.2, 0.25) is 0 Å². The number of rotatable bonds is 2. The predicted octanol–water partition coefficient (Wildman–Crippen LogP) is 3.02.